The minimum atomic E-state index is -4.93. The zero-order chi connectivity index (χ0) is 20.1. The first-order valence-electron chi connectivity index (χ1n) is 7.51. The molecular weight excluding hydrogens is 387 g/mol. The van der Waals surface area contributed by atoms with Crippen LogP contribution in [0.4, 0.5) is 13.2 Å². The molecule has 0 aliphatic rings. The minimum absolute atomic E-state index is 0.0720. The quantitative estimate of drug-likeness (QED) is 0.401. The fraction of sp³-hybridized carbons (Fsp3) is 0.235. The Morgan fingerprint density at radius 3 is 2.15 bits per heavy atom. The van der Waals surface area contributed by atoms with Crippen LogP contribution in [0, 0.1) is 6.92 Å². The van der Waals surface area contributed by atoms with Crippen LogP contribution in [-0.4, -0.2) is 34.2 Å². The Hall–Kier alpha value is -2.59. The number of hydrogen-bond donors (Lipinski definition) is 0. The molecule has 0 radical (unpaired) electrons. The third kappa shape index (κ3) is 5.69. The zero-order valence-corrected chi connectivity index (χ0v) is 15.2. The molecule has 0 saturated heterocycles. The van der Waals surface area contributed by atoms with E-state index in [9.17, 15) is 21.6 Å². The Bertz CT molecular complexity index is 892. The van der Waals surface area contributed by atoms with E-state index in [2.05, 4.69) is 9.44 Å². The Morgan fingerprint density at radius 2 is 1.63 bits per heavy atom. The first-order valence-corrected chi connectivity index (χ1v) is 8.92. The molecule has 2 aromatic carbocycles. The smallest absolute Gasteiger partial charge is 0.437 e. The number of aryl methyl sites for hydroxylation is 1. The van der Waals surface area contributed by atoms with Crippen LogP contribution in [-0.2, 0) is 19.1 Å². The monoisotopic (exact) mass is 403 g/mol. The van der Waals surface area contributed by atoms with Crippen molar-refractivity contribution in [3.8, 4) is 5.75 Å². The molecule has 0 fully saturated rings. The maximum absolute atomic E-state index is 13.3. The van der Waals surface area contributed by atoms with Gasteiger partial charge in [-0.2, -0.15) is 21.6 Å². The Balaban J connectivity index is 2.29. The average Bonchev–Trinajstić information content (AvgIpc) is 2.60. The largest absolute Gasteiger partial charge is 0.468 e. The maximum atomic E-state index is 13.3. The van der Waals surface area contributed by atoms with Gasteiger partial charge < -0.3 is 9.47 Å². The van der Waals surface area contributed by atoms with Crippen molar-refractivity contribution in [2.75, 3.05) is 13.9 Å². The number of benzene rings is 2. The van der Waals surface area contributed by atoms with E-state index < -0.39 is 22.0 Å². The predicted molar refractivity (Wildman–Crippen MR) is 91.0 cm³/mol. The summed E-state index contributed by atoms with van der Waals surface area (Å²) in [6.07, 6.45) is -4.93. The molecule has 0 bridgehead atoms. The van der Waals surface area contributed by atoms with Gasteiger partial charge in [-0.1, -0.05) is 22.9 Å². The Kier molecular flexibility index (Phi) is 6.45. The van der Waals surface area contributed by atoms with Crippen molar-refractivity contribution < 1.29 is 35.3 Å². The third-order valence-electron chi connectivity index (χ3n) is 3.28. The maximum Gasteiger partial charge on any atom is 0.437 e. The van der Waals surface area contributed by atoms with Crippen LogP contribution in [0.1, 0.15) is 11.1 Å². The number of rotatable bonds is 7. The van der Waals surface area contributed by atoms with Crippen molar-refractivity contribution >= 4 is 15.8 Å². The highest BCUT2D eigenvalue weighted by atomic mass is 32.2. The Labute approximate surface area is 154 Å². The molecule has 0 aliphatic heterocycles. The number of nitrogens with zero attached hydrogens (tertiary/aromatic N) is 1. The SMILES string of the molecule is COCOc1ccc(/C(=N\OS(=O)(=O)c2ccc(C)cc2)C(F)(F)F)cc1. The third-order valence-corrected chi connectivity index (χ3v) is 4.40. The molecule has 0 aliphatic carbocycles. The van der Waals surface area contributed by atoms with Gasteiger partial charge in [0.2, 0.25) is 0 Å². The van der Waals surface area contributed by atoms with Crippen LogP contribution in [0.2, 0.25) is 0 Å². The second kappa shape index (κ2) is 8.40. The summed E-state index contributed by atoms with van der Waals surface area (Å²) in [6.45, 7) is 1.66. The summed E-state index contributed by atoms with van der Waals surface area (Å²) in [4.78, 5) is -0.304. The number of oxime groups is 1. The van der Waals surface area contributed by atoms with Crippen LogP contribution in [0.3, 0.4) is 0 Å². The van der Waals surface area contributed by atoms with Gasteiger partial charge in [0, 0.05) is 12.7 Å². The lowest BCUT2D eigenvalue weighted by Crippen LogP contribution is -2.25. The molecule has 0 amide bonds. The van der Waals surface area contributed by atoms with Crippen LogP contribution in [0.25, 0.3) is 0 Å². The molecule has 0 N–H and O–H groups in total. The molecule has 2 rings (SSSR count). The summed E-state index contributed by atoms with van der Waals surface area (Å²) in [5.74, 6) is 0.273. The highest BCUT2D eigenvalue weighted by molar-refractivity contribution is 7.86. The van der Waals surface area contributed by atoms with Crippen molar-refractivity contribution in [3.63, 3.8) is 0 Å². The van der Waals surface area contributed by atoms with E-state index in [0.717, 1.165) is 17.7 Å². The molecule has 0 unspecified atom stereocenters. The number of methoxy groups -OCH3 is 1. The van der Waals surface area contributed by atoms with Gasteiger partial charge in [0.1, 0.15) is 10.6 Å². The normalized spacial score (nSPS) is 12.7. The first kappa shape index (κ1) is 20.7. The van der Waals surface area contributed by atoms with E-state index in [1.807, 2.05) is 0 Å². The minimum Gasteiger partial charge on any atom is -0.468 e. The molecule has 0 atom stereocenters. The predicted octanol–water partition coefficient (Wildman–Crippen LogP) is 3.65. The van der Waals surface area contributed by atoms with Gasteiger partial charge in [-0.25, -0.2) is 0 Å². The van der Waals surface area contributed by atoms with Crippen molar-refractivity contribution in [1.82, 2.24) is 0 Å². The fourth-order valence-electron chi connectivity index (χ4n) is 1.94. The van der Waals surface area contributed by atoms with E-state index in [1.54, 1.807) is 6.92 Å². The molecule has 0 saturated carbocycles. The highest BCUT2D eigenvalue weighted by Crippen LogP contribution is 2.25. The van der Waals surface area contributed by atoms with Crippen LogP contribution < -0.4 is 4.74 Å². The average molecular weight is 403 g/mol. The summed E-state index contributed by atoms with van der Waals surface area (Å²) in [5, 5.41) is 2.87. The van der Waals surface area contributed by atoms with E-state index in [4.69, 9.17) is 9.47 Å². The van der Waals surface area contributed by atoms with Gasteiger partial charge >= 0.3 is 16.3 Å². The molecule has 10 heteroatoms. The van der Waals surface area contributed by atoms with Gasteiger partial charge in [-0.3, -0.25) is 4.28 Å². The highest BCUT2D eigenvalue weighted by Gasteiger charge is 2.38. The van der Waals surface area contributed by atoms with Gasteiger partial charge in [-0.15, -0.1) is 0 Å². The molecule has 6 nitrogen and oxygen atoms in total. The molecular formula is C17H16F3NO5S. The lowest BCUT2D eigenvalue weighted by molar-refractivity contribution is -0.0597. The number of halogens is 3. The zero-order valence-electron chi connectivity index (χ0n) is 14.4. The molecule has 2 aromatic rings. The topological polar surface area (TPSA) is 74.2 Å². The van der Waals surface area contributed by atoms with Crippen molar-refractivity contribution in [2.24, 2.45) is 5.16 Å². The molecule has 27 heavy (non-hydrogen) atoms. The van der Waals surface area contributed by atoms with Crippen molar-refractivity contribution in [2.45, 2.75) is 18.0 Å². The summed E-state index contributed by atoms with van der Waals surface area (Å²) in [5.41, 5.74) is -1.09. The van der Waals surface area contributed by atoms with Gasteiger partial charge in [0.25, 0.3) is 0 Å². The Morgan fingerprint density at radius 1 is 1.04 bits per heavy atom. The van der Waals surface area contributed by atoms with E-state index in [1.165, 1.54) is 43.5 Å². The molecule has 146 valence electrons. The van der Waals surface area contributed by atoms with Crippen LogP contribution >= 0.6 is 0 Å². The standard InChI is InChI=1S/C17H16F3NO5S/c1-12-3-9-15(10-4-12)27(22,23)26-21-16(17(18,19)20)13-5-7-14(8-6-13)25-11-24-2/h3-10H,11H2,1-2H3/b21-16+. The lowest BCUT2D eigenvalue weighted by atomic mass is 10.1. The van der Waals surface area contributed by atoms with Crippen molar-refractivity contribution in [1.29, 1.82) is 0 Å². The summed E-state index contributed by atoms with van der Waals surface area (Å²) >= 11 is 0. The van der Waals surface area contributed by atoms with Gasteiger partial charge in [0.05, 0.1) is 0 Å². The van der Waals surface area contributed by atoms with E-state index in [-0.39, 0.29) is 23.0 Å². The van der Waals surface area contributed by atoms with Gasteiger partial charge in [-0.05, 0) is 43.3 Å². The summed E-state index contributed by atoms with van der Waals surface area (Å²) in [7, 11) is -3.09. The van der Waals surface area contributed by atoms with Crippen LogP contribution in [0.5, 0.6) is 5.75 Å². The number of ether oxygens (including phenoxy) is 2. The molecule has 0 heterocycles. The van der Waals surface area contributed by atoms with Crippen LogP contribution in [0.15, 0.2) is 58.6 Å². The number of hydrogen-bond acceptors (Lipinski definition) is 6. The second-order valence-corrected chi connectivity index (χ2v) is 6.88. The second-order valence-electron chi connectivity index (χ2n) is 5.35. The van der Waals surface area contributed by atoms with E-state index >= 15 is 0 Å². The first-order chi connectivity index (χ1) is 12.6. The molecule has 0 spiro atoms. The molecule has 0 aromatic heterocycles. The van der Waals surface area contributed by atoms with E-state index in [0.29, 0.717) is 0 Å². The fourth-order valence-corrected chi connectivity index (χ4v) is 2.67. The van der Waals surface area contributed by atoms with Gasteiger partial charge in [0.15, 0.2) is 12.5 Å². The lowest BCUT2D eigenvalue weighted by Gasteiger charge is -2.11. The number of alkyl halides is 3. The van der Waals surface area contributed by atoms with Crippen molar-refractivity contribution in [3.05, 3.63) is 59.7 Å². The summed E-state index contributed by atoms with van der Waals surface area (Å²) in [6, 6.07) is 10.1. The summed E-state index contributed by atoms with van der Waals surface area (Å²) < 4.78 is 78.0.